The number of hydrogen-bond donors (Lipinski definition) is 2. The second-order valence-corrected chi connectivity index (χ2v) is 3.77. The van der Waals surface area contributed by atoms with Crippen molar-refractivity contribution in [3.05, 3.63) is 35.4 Å². The molecule has 16 heavy (non-hydrogen) atoms. The molecule has 0 heterocycles. The molecule has 0 aliphatic heterocycles. The number of halogens is 2. The van der Waals surface area contributed by atoms with Gasteiger partial charge in [-0.2, -0.15) is 0 Å². The maximum absolute atomic E-state index is 13.3. The summed E-state index contributed by atoms with van der Waals surface area (Å²) >= 11 is 0. The van der Waals surface area contributed by atoms with Gasteiger partial charge in [0.25, 0.3) is 0 Å². The Morgan fingerprint density at radius 2 is 2.06 bits per heavy atom. The van der Waals surface area contributed by atoms with E-state index in [-0.39, 0.29) is 19.7 Å². The first-order valence-corrected chi connectivity index (χ1v) is 4.94. The van der Waals surface area contributed by atoms with Crippen LogP contribution in [0.3, 0.4) is 0 Å². The minimum Gasteiger partial charge on any atom is -0.394 e. The summed E-state index contributed by atoms with van der Waals surface area (Å²) in [5, 5.41) is 17.8. The smallest absolute Gasteiger partial charge is 0.130 e. The van der Waals surface area contributed by atoms with Crippen molar-refractivity contribution in [3.8, 4) is 0 Å². The lowest BCUT2D eigenvalue weighted by atomic mass is 10.2. The Hall–Kier alpha value is -1.04. The van der Waals surface area contributed by atoms with Crippen LogP contribution in [0, 0.1) is 11.6 Å². The Balaban J connectivity index is 2.59. The summed E-state index contributed by atoms with van der Waals surface area (Å²) in [6.07, 6.45) is -0.853. The van der Waals surface area contributed by atoms with Gasteiger partial charge in [-0.05, 0) is 13.1 Å². The van der Waals surface area contributed by atoms with Crippen LogP contribution >= 0.6 is 0 Å². The highest BCUT2D eigenvalue weighted by molar-refractivity contribution is 5.18. The molecule has 2 N–H and O–H groups in total. The van der Waals surface area contributed by atoms with Gasteiger partial charge < -0.3 is 10.2 Å². The molecular formula is C11H15F2NO2. The lowest BCUT2D eigenvalue weighted by molar-refractivity contribution is 0.0645. The zero-order chi connectivity index (χ0) is 12.1. The fraction of sp³-hybridized carbons (Fsp3) is 0.455. The van der Waals surface area contributed by atoms with Gasteiger partial charge in [0.1, 0.15) is 11.6 Å². The monoisotopic (exact) mass is 231 g/mol. The van der Waals surface area contributed by atoms with E-state index >= 15 is 0 Å². The van der Waals surface area contributed by atoms with Gasteiger partial charge in [-0.3, -0.25) is 4.90 Å². The van der Waals surface area contributed by atoms with Gasteiger partial charge in [-0.15, -0.1) is 0 Å². The fourth-order valence-electron chi connectivity index (χ4n) is 1.42. The molecule has 3 nitrogen and oxygen atoms in total. The zero-order valence-corrected chi connectivity index (χ0v) is 9.03. The summed E-state index contributed by atoms with van der Waals surface area (Å²) in [7, 11) is 1.68. The van der Waals surface area contributed by atoms with Gasteiger partial charge in [-0.1, -0.05) is 6.07 Å². The van der Waals surface area contributed by atoms with E-state index in [0.29, 0.717) is 5.56 Å². The molecule has 0 saturated heterocycles. The molecule has 0 bridgehead atoms. The molecule has 0 aliphatic carbocycles. The van der Waals surface area contributed by atoms with Gasteiger partial charge in [-0.25, -0.2) is 8.78 Å². The second kappa shape index (κ2) is 5.89. The van der Waals surface area contributed by atoms with Gasteiger partial charge in [0, 0.05) is 24.7 Å². The third kappa shape index (κ3) is 3.84. The first-order chi connectivity index (χ1) is 7.52. The number of hydrogen-bond acceptors (Lipinski definition) is 3. The van der Waals surface area contributed by atoms with Gasteiger partial charge in [0.15, 0.2) is 0 Å². The Labute approximate surface area is 92.9 Å². The molecule has 1 unspecified atom stereocenters. The van der Waals surface area contributed by atoms with Crippen molar-refractivity contribution >= 4 is 0 Å². The largest absolute Gasteiger partial charge is 0.394 e. The summed E-state index contributed by atoms with van der Waals surface area (Å²) in [6, 6.07) is 3.38. The second-order valence-electron chi connectivity index (χ2n) is 3.77. The standard InChI is InChI=1S/C11H15F2NO2/c1-14(6-10(16)7-15)5-8-2-3-9(12)4-11(8)13/h2-4,10,15-16H,5-7H2,1H3. The SMILES string of the molecule is CN(Cc1ccc(F)cc1F)CC(O)CO. The molecule has 0 amide bonds. The van der Waals surface area contributed by atoms with Crippen LogP contribution < -0.4 is 0 Å². The van der Waals surface area contributed by atoms with Crippen LogP contribution in [-0.4, -0.2) is 41.4 Å². The van der Waals surface area contributed by atoms with E-state index in [1.165, 1.54) is 12.1 Å². The number of aliphatic hydroxyl groups excluding tert-OH is 2. The Bertz CT molecular complexity index is 347. The summed E-state index contributed by atoms with van der Waals surface area (Å²) in [5.41, 5.74) is 0.356. The van der Waals surface area contributed by atoms with Crippen LogP contribution in [-0.2, 0) is 6.54 Å². The highest BCUT2D eigenvalue weighted by Gasteiger charge is 2.10. The van der Waals surface area contributed by atoms with Crippen molar-refractivity contribution in [1.82, 2.24) is 4.90 Å². The molecule has 0 radical (unpaired) electrons. The number of rotatable bonds is 5. The number of nitrogens with zero attached hydrogens (tertiary/aromatic N) is 1. The Morgan fingerprint density at radius 3 is 2.62 bits per heavy atom. The third-order valence-corrected chi connectivity index (χ3v) is 2.19. The van der Waals surface area contributed by atoms with Crippen molar-refractivity contribution in [2.45, 2.75) is 12.6 Å². The van der Waals surface area contributed by atoms with E-state index in [2.05, 4.69) is 0 Å². The molecule has 1 rings (SSSR count). The summed E-state index contributed by atoms with van der Waals surface area (Å²) in [6.45, 7) is 0.146. The Kier molecular flexibility index (Phi) is 4.79. The highest BCUT2D eigenvalue weighted by atomic mass is 19.1. The van der Waals surface area contributed by atoms with E-state index in [1.807, 2.05) is 0 Å². The van der Waals surface area contributed by atoms with Crippen molar-refractivity contribution in [3.63, 3.8) is 0 Å². The minimum atomic E-state index is -0.853. The van der Waals surface area contributed by atoms with E-state index in [9.17, 15) is 13.9 Å². The average Bonchev–Trinajstić information content (AvgIpc) is 2.22. The topological polar surface area (TPSA) is 43.7 Å². The number of benzene rings is 1. The molecule has 90 valence electrons. The minimum absolute atomic E-state index is 0.229. The summed E-state index contributed by atoms with van der Waals surface area (Å²) in [4.78, 5) is 1.65. The lowest BCUT2D eigenvalue weighted by Gasteiger charge is -2.19. The van der Waals surface area contributed by atoms with Gasteiger partial charge >= 0.3 is 0 Å². The van der Waals surface area contributed by atoms with E-state index in [4.69, 9.17) is 5.11 Å². The van der Waals surface area contributed by atoms with Crippen LogP contribution in [0.2, 0.25) is 0 Å². The van der Waals surface area contributed by atoms with Crippen LogP contribution in [0.25, 0.3) is 0 Å². The molecule has 5 heteroatoms. The normalized spacial score (nSPS) is 13.1. The fourth-order valence-corrected chi connectivity index (χ4v) is 1.42. The van der Waals surface area contributed by atoms with Crippen molar-refractivity contribution in [2.75, 3.05) is 20.2 Å². The number of likely N-dealkylation sites (N-methyl/N-ethyl adjacent to an activating group) is 1. The molecule has 0 aromatic heterocycles. The number of aliphatic hydroxyl groups is 2. The zero-order valence-electron chi connectivity index (χ0n) is 9.03. The maximum Gasteiger partial charge on any atom is 0.130 e. The average molecular weight is 231 g/mol. The van der Waals surface area contributed by atoms with Crippen molar-refractivity contribution in [2.24, 2.45) is 0 Å². The maximum atomic E-state index is 13.3. The summed E-state index contributed by atoms with van der Waals surface area (Å²) < 4.78 is 25.9. The molecule has 0 spiro atoms. The first-order valence-electron chi connectivity index (χ1n) is 4.94. The third-order valence-electron chi connectivity index (χ3n) is 2.19. The highest BCUT2D eigenvalue weighted by Crippen LogP contribution is 2.11. The van der Waals surface area contributed by atoms with Gasteiger partial charge in [0.2, 0.25) is 0 Å². The van der Waals surface area contributed by atoms with Gasteiger partial charge in [0.05, 0.1) is 12.7 Å². The lowest BCUT2D eigenvalue weighted by Crippen LogP contribution is -2.31. The van der Waals surface area contributed by atoms with Crippen LogP contribution in [0.4, 0.5) is 8.78 Å². The molecule has 0 aliphatic rings. The van der Waals surface area contributed by atoms with Crippen molar-refractivity contribution < 1.29 is 19.0 Å². The molecule has 1 atom stereocenters. The molecule has 0 fully saturated rings. The molecule has 1 aromatic carbocycles. The molecule has 0 saturated carbocycles. The summed E-state index contributed by atoms with van der Waals surface area (Å²) in [5.74, 6) is -1.22. The van der Waals surface area contributed by atoms with Crippen LogP contribution in [0.15, 0.2) is 18.2 Å². The Morgan fingerprint density at radius 1 is 1.38 bits per heavy atom. The molecule has 1 aromatic rings. The van der Waals surface area contributed by atoms with Crippen LogP contribution in [0.5, 0.6) is 0 Å². The predicted octanol–water partition coefficient (Wildman–Crippen LogP) is 0.750. The molecular weight excluding hydrogens is 216 g/mol. The van der Waals surface area contributed by atoms with Crippen LogP contribution in [0.1, 0.15) is 5.56 Å². The first kappa shape index (κ1) is 13.0. The van der Waals surface area contributed by atoms with E-state index in [0.717, 1.165) is 6.07 Å². The van der Waals surface area contributed by atoms with E-state index < -0.39 is 17.7 Å². The van der Waals surface area contributed by atoms with Crippen molar-refractivity contribution in [1.29, 1.82) is 0 Å². The predicted molar refractivity (Wildman–Crippen MR) is 55.8 cm³/mol. The quantitative estimate of drug-likeness (QED) is 0.786. The van der Waals surface area contributed by atoms with E-state index in [1.54, 1.807) is 11.9 Å².